The summed E-state index contributed by atoms with van der Waals surface area (Å²) in [5.41, 5.74) is 2.15. The Morgan fingerprint density at radius 3 is 2.65 bits per heavy atom. The van der Waals surface area contributed by atoms with E-state index in [0.717, 1.165) is 12.4 Å². The maximum Gasteiger partial charge on any atom is 0.163 e. The van der Waals surface area contributed by atoms with Crippen LogP contribution >= 0.6 is 0 Å². The summed E-state index contributed by atoms with van der Waals surface area (Å²) < 4.78 is 12.8. The number of H-pyrrole nitrogens is 1. The van der Waals surface area contributed by atoms with Gasteiger partial charge in [0.2, 0.25) is 0 Å². The standard InChI is InChI=1S/C13H7FN6/c14-10-6-16-13(17-7-10)9-3-1-2-8(4-9)12-11(5-15)18-20-19-12/h1-4,6-7H,(H,18,19,20). The average Bonchev–Trinajstić information content (AvgIpc) is 2.96. The van der Waals surface area contributed by atoms with E-state index in [2.05, 4.69) is 25.4 Å². The third kappa shape index (κ3) is 2.10. The van der Waals surface area contributed by atoms with Gasteiger partial charge in [0, 0.05) is 11.1 Å². The Bertz CT molecular complexity index is 787. The quantitative estimate of drug-likeness (QED) is 0.765. The predicted octanol–water partition coefficient (Wildman–Crippen LogP) is 1.94. The van der Waals surface area contributed by atoms with Crippen LogP contribution in [0, 0.1) is 17.1 Å². The molecule has 0 aliphatic carbocycles. The molecular formula is C13H7FN6. The number of halogens is 1. The van der Waals surface area contributed by atoms with Gasteiger partial charge in [-0.3, -0.25) is 0 Å². The molecule has 0 atom stereocenters. The zero-order chi connectivity index (χ0) is 13.9. The number of hydrogen-bond acceptors (Lipinski definition) is 5. The van der Waals surface area contributed by atoms with Crippen molar-refractivity contribution in [3.8, 4) is 28.7 Å². The first-order valence-electron chi connectivity index (χ1n) is 5.67. The third-order valence-electron chi connectivity index (χ3n) is 2.67. The smallest absolute Gasteiger partial charge is 0.163 e. The predicted molar refractivity (Wildman–Crippen MR) is 67.5 cm³/mol. The molecule has 0 aliphatic rings. The summed E-state index contributed by atoms with van der Waals surface area (Å²) in [6.45, 7) is 0. The number of aromatic amines is 1. The van der Waals surface area contributed by atoms with Crippen molar-refractivity contribution in [1.29, 1.82) is 5.26 Å². The monoisotopic (exact) mass is 266 g/mol. The Labute approximate surface area is 112 Å². The molecule has 0 spiro atoms. The summed E-state index contributed by atoms with van der Waals surface area (Å²) in [7, 11) is 0. The Kier molecular flexibility index (Phi) is 2.89. The molecule has 1 N–H and O–H groups in total. The lowest BCUT2D eigenvalue weighted by Gasteiger charge is -2.02. The van der Waals surface area contributed by atoms with Gasteiger partial charge in [0.1, 0.15) is 11.8 Å². The summed E-state index contributed by atoms with van der Waals surface area (Å²) in [5, 5.41) is 19.0. The van der Waals surface area contributed by atoms with E-state index < -0.39 is 5.82 Å². The minimum atomic E-state index is -0.492. The van der Waals surface area contributed by atoms with Gasteiger partial charge in [-0.2, -0.15) is 5.26 Å². The van der Waals surface area contributed by atoms with E-state index >= 15 is 0 Å². The molecule has 3 aromatic rings. The normalized spacial score (nSPS) is 10.2. The van der Waals surface area contributed by atoms with Crippen LogP contribution in [-0.2, 0) is 0 Å². The van der Waals surface area contributed by atoms with Crippen molar-refractivity contribution in [2.75, 3.05) is 0 Å². The number of nitriles is 1. The van der Waals surface area contributed by atoms with E-state index in [0.29, 0.717) is 22.6 Å². The Morgan fingerprint density at radius 1 is 1.15 bits per heavy atom. The van der Waals surface area contributed by atoms with Gasteiger partial charge < -0.3 is 0 Å². The molecular weight excluding hydrogens is 259 g/mol. The first-order chi connectivity index (χ1) is 9.78. The van der Waals surface area contributed by atoms with Crippen LogP contribution in [0.4, 0.5) is 4.39 Å². The maximum atomic E-state index is 12.8. The molecule has 3 rings (SSSR count). The first-order valence-corrected chi connectivity index (χ1v) is 5.67. The molecule has 0 saturated heterocycles. The topological polar surface area (TPSA) is 91.1 Å². The van der Waals surface area contributed by atoms with Crippen molar-refractivity contribution in [2.24, 2.45) is 0 Å². The Morgan fingerprint density at radius 2 is 1.90 bits per heavy atom. The highest BCUT2D eigenvalue weighted by Gasteiger charge is 2.10. The lowest BCUT2D eigenvalue weighted by atomic mass is 10.1. The maximum absolute atomic E-state index is 12.8. The van der Waals surface area contributed by atoms with Crippen molar-refractivity contribution >= 4 is 0 Å². The highest BCUT2D eigenvalue weighted by molar-refractivity contribution is 5.70. The number of benzene rings is 1. The number of rotatable bonds is 2. The summed E-state index contributed by atoms with van der Waals surface area (Å²) in [4.78, 5) is 7.84. The summed E-state index contributed by atoms with van der Waals surface area (Å²) in [6.07, 6.45) is 2.21. The SMILES string of the molecule is N#Cc1[nH]nnc1-c1cccc(-c2ncc(F)cn2)c1. The minimum Gasteiger partial charge on any atom is -0.247 e. The molecule has 7 heteroatoms. The van der Waals surface area contributed by atoms with E-state index in [4.69, 9.17) is 5.26 Å². The molecule has 0 radical (unpaired) electrons. The van der Waals surface area contributed by atoms with Gasteiger partial charge in [-0.1, -0.05) is 23.4 Å². The van der Waals surface area contributed by atoms with Crippen LogP contribution < -0.4 is 0 Å². The van der Waals surface area contributed by atoms with Crippen molar-refractivity contribution < 1.29 is 4.39 Å². The van der Waals surface area contributed by atoms with E-state index in [1.165, 1.54) is 0 Å². The molecule has 0 saturated carbocycles. The number of nitrogens with one attached hydrogen (secondary N) is 1. The van der Waals surface area contributed by atoms with Crippen LogP contribution in [0.5, 0.6) is 0 Å². The van der Waals surface area contributed by atoms with Crippen molar-refractivity contribution in [2.45, 2.75) is 0 Å². The first kappa shape index (κ1) is 11.9. The fraction of sp³-hybridized carbons (Fsp3) is 0. The van der Waals surface area contributed by atoms with Crippen molar-refractivity contribution in [1.82, 2.24) is 25.4 Å². The van der Waals surface area contributed by atoms with Crippen LogP contribution in [0.25, 0.3) is 22.6 Å². The molecule has 0 amide bonds. The highest BCUT2D eigenvalue weighted by Crippen LogP contribution is 2.24. The minimum absolute atomic E-state index is 0.280. The van der Waals surface area contributed by atoms with Crippen LogP contribution in [0.3, 0.4) is 0 Å². The second-order valence-corrected chi connectivity index (χ2v) is 3.95. The lowest BCUT2D eigenvalue weighted by molar-refractivity contribution is 0.614. The Hall–Kier alpha value is -3.14. The number of nitrogens with zero attached hydrogens (tertiary/aromatic N) is 5. The van der Waals surface area contributed by atoms with Gasteiger partial charge >= 0.3 is 0 Å². The molecule has 6 nitrogen and oxygen atoms in total. The fourth-order valence-corrected chi connectivity index (χ4v) is 1.77. The fourth-order valence-electron chi connectivity index (χ4n) is 1.77. The van der Waals surface area contributed by atoms with E-state index in [-0.39, 0.29) is 5.69 Å². The summed E-state index contributed by atoms with van der Waals surface area (Å²) >= 11 is 0. The van der Waals surface area contributed by atoms with Gasteiger partial charge in [-0.05, 0) is 6.07 Å². The van der Waals surface area contributed by atoms with Gasteiger partial charge in [-0.25, -0.2) is 19.5 Å². The Balaban J connectivity index is 2.06. The van der Waals surface area contributed by atoms with Crippen molar-refractivity contribution in [3.05, 3.63) is 48.2 Å². The molecule has 96 valence electrons. The summed E-state index contributed by atoms with van der Waals surface area (Å²) in [5.74, 6) is -0.0941. The molecule has 0 bridgehead atoms. The molecule has 2 heterocycles. The van der Waals surface area contributed by atoms with Crippen LogP contribution in [-0.4, -0.2) is 25.4 Å². The van der Waals surface area contributed by atoms with Gasteiger partial charge in [0.25, 0.3) is 0 Å². The average molecular weight is 266 g/mol. The van der Waals surface area contributed by atoms with E-state index in [1.54, 1.807) is 24.3 Å². The molecule has 0 aliphatic heterocycles. The van der Waals surface area contributed by atoms with Gasteiger partial charge in [0.05, 0.1) is 12.4 Å². The molecule has 1 aromatic carbocycles. The highest BCUT2D eigenvalue weighted by atomic mass is 19.1. The summed E-state index contributed by atoms with van der Waals surface area (Å²) in [6, 6.07) is 9.13. The number of aromatic nitrogens is 5. The molecule has 20 heavy (non-hydrogen) atoms. The lowest BCUT2D eigenvalue weighted by Crippen LogP contribution is -1.90. The molecule has 0 unspecified atom stereocenters. The van der Waals surface area contributed by atoms with Gasteiger partial charge in [-0.15, -0.1) is 5.10 Å². The largest absolute Gasteiger partial charge is 0.247 e. The number of hydrogen-bond donors (Lipinski definition) is 1. The van der Waals surface area contributed by atoms with Gasteiger partial charge in [0.15, 0.2) is 17.3 Å². The zero-order valence-electron chi connectivity index (χ0n) is 10.1. The van der Waals surface area contributed by atoms with Crippen LogP contribution in [0.1, 0.15) is 5.69 Å². The van der Waals surface area contributed by atoms with E-state index in [9.17, 15) is 4.39 Å². The zero-order valence-corrected chi connectivity index (χ0v) is 10.1. The van der Waals surface area contributed by atoms with Crippen LogP contribution in [0.15, 0.2) is 36.7 Å². The van der Waals surface area contributed by atoms with Crippen molar-refractivity contribution in [3.63, 3.8) is 0 Å². The second kappa shape index (κ2) is 4.85. The molecule has 0 fully saturated rings. The second-order valence-electron chi connectivity index (χ2n) is 3.95. The van der Waals surface area contributed by atoms with Crippen LogP contribution in [0.2, 0.25) is 0 Å². The molecule has 2 aromatic heterocycles. The van der Waals surface area contributed by atoms with E-state index in [1.807, 2.05) is 6.07 Å². The third-order valence-corrected chi connectivity index (χ3v) is 2.67.